The van der Waals surface area contributed by atoms with Crippen LogP contribution in [0.3, 0.4) is 0 Å². The minimum Gasteiger partial charge on any atom is -0.456 e. The second kappa shape index (κ2) is 17.5. The maximum atomic E-state index is 13.3. The summed E-state index contributed by atoms with van der Waals surface area (Å²) in [5.41, 5.74) is 3.41. The Labute approximate surface area is 380 Å². The zero-order chi connectivity index (χ0) is 48.2. The summed E-state index contributed by atoms with van der Waals surface area (Å²) >= 11 is 0. The lowest BCUT2D eigenvalue weighted by molar-refractivity contribution is 0.102. The number of carbonyl (C=O) groups excluding carboxylic acids is 2. The third-order valence-electron chi connectivity index (χ3n) is 11.2. The van der Waals surface area contributed by atoms with E-state index in [2.05, 4.69) is 21.3 Å². The predicted octanol–water partition coefficient (Wildman–Crippen LogP) is 8.77. The molecule has 0 atom stereocenters. The number of rotatable bonds is 10. The topological polar surface area (TPSA) is 271 Å². The summed E-state index contributed by atoms with van der Waals surface area (Å²) in [5.74, 6) is -0.380. The Morgan fingerprint density at radius 3 is 1.80 bits per heavy atom. The number of anilines is 4. The van der Waals surface area contributed by atoms with Crippen LogP contribution in [0.15, 0.2) is 115 Å². The van der Waals surface area contributed by atoms with Gasteiger partial charge in [0.05, 0.1) is 22.4 Å². The molecule has 20 heteroatoms. The first kappa shape index (κ1) is 47.0. The molecule has 66 heavy (non-hydrogen) atoms. The standard InChI is InChI=1S/C46H43N5O12S3/c1-23-39(25(3)43(65(57,58)59)27(5)41(23)50-45(52)29-13-9-8-10-14-29)48-30-17-19-32-35(21-30)63-36-22-31(18-20-33(36)38(32)34-15-11-12-16-37(34)64(54,55)56)49-40-24(2)42(51-46(53)47-7)28(6)44(26(40)4)66(60,61)62/h8-22,48H,1-7H3,(H,50,52)(H2,47,51,53)(H,54,55,56)(H,57,58,59)(H,60,61,62). The summed E-state index contributed by atoms with van der Waals surface area (Å²) in [7, 11) is -13.1. The first-order valence-corrected chi connectivity index (χ1v) is 24.2. The van der Waals surface area contributed by atoms with E-state index in [0.717, 1.165) is 0 Å². The zero-order valence-electron chi connectivity index (χ0n) is 36.3. The van der Waals surface area contributed by atoms with Gasteiger partial charge >= 0.3 is 6.03 Å². The van der Waals surface area contributed by atoms with Gasteiger partial charge < -0.3 is 25.7 Å². The van der Waals surface area contributed by atoms with Crippen molar-refractivity contribution in [3.63, 3.8) is 0 Å². The van der Waals surface area contributed by atoms with Gasteiger partial charge in [-0.2, -0.15) is 25.3 Å². The first-order chi connectivity index (χ1) is 30.9. The molecule has 1 aliphatic carbocycles. The number of amides is 3. The second-order valence-corrected chi connectivity index (χ2v) is 19.5. The zero-order valence-corrected chi connectivity index (χ0v) is 38.8. The minimum absolute atomic E-state index is 0.0833. The van der Waals surface area contributed by atoms with E-state index >= 15 is 0 Å². The fourth-order valence-corrected chi connectivity index (χ4v) is 11.0. The van der Waals surface area contributed by atoms with Crippen molar-refractivity contribution in [3.05, 3.63) is 135 Å². The van der Waals surface area contributed by atoms with Gasteiger partial charge in [-0.05, 0) is 117 Å². The molecule has 0 bridgehead atoms. The first-order valence-electron chi connectivity index (χ1n) is 19.9. The summed E-state index contributed by atoms with van der Waals surface area (Å²) in [6, 6.07) is 22.9. The van der Waals surface area contributed by atoms with E-state index < -0.39 is 57.0 Å². The Morgan fingerprint density at radius 2 is 1.18 bits per heavy atom. The third-order valence-corrected chi connectivity index (χ3v) is 14.4. The lowest BCUT2D eigenvalue weighted by Gasteiger charge is -2.23. The van der Waals surface area contributed by atoms with Gasteiger partial charge in [0.1, 0.15) is 26.0 Å². The summed E-state index contributed by atoms with van der Waals surface area (Å²) in [6.07, 6.45) is 0. The highest BCUT2D eigenvalue weighted by molar-refractivity contribution is 7.86. The van der Waals surface area contributed by atoms with Crippen molar-refractivity contribution in [2.45, 2.75) is 56.2 Å². The molecule has 7 N–H and O–H groups in total. The van der Waals surface area contributed by atoms with Gasteiger partial charge in [-0.15, -0.1) is 0 Å². The molecular weight excluding hydrogens is 911 g/mol. The highest BCUT2D eigenvalue weighted by atomic mass is 32.2. The Balaban J connectivity index is 1.48. The van der Waals surface area contributed by atoms with Gasteiger partial charge in [0.25, 0.3) is 36.3 Å². The van der Waals surface area contributed by atoms with Crippen molar-refractivity contribution in [2.75, 3.05) is 23.0 Å². The smallest absolute Gasteiger partial charge is 0.318 e. The van der Waals surface area contributed by atoms with Crippen LogP contribution < -0.4 is 26.6 Å². The summed E-state index contributed by atoms with van der Waals surface area (Å²) in [6.45, 7) is 9.14. The summed E-state index contributed by atoms with van der Waals surface area (Å²) < 4.78 is 114. The van der Waals surface area contributed by atoms with Gasteiger partial charge in [-0.25, -0.2) is 9.79 Å². The number of fused-ring (bicyclic) bond motifs is 2. The van der Waals surface area contributed by atoms with Crippen LogP contribution in [0.5, 0.6) is 0 Å². The molecule has 3 amide bonds. The van der Waals surface area contributed by atoms with E-state index in [1.807, 2.05) is 0 Å². The summed E-state index contributed by atoms with van der Waals surface area (Å²) in [4.78, 5) is 29.3. The van der Waals surface area contributed by atoms with E-state index in [1.165, 1.54) is 59.0 Å². The van der Waals surface area contributed by atoms with Crippen molar-refractivity contribution in [1.29, 1.82) is 0 Å². The molecule has 0 unspecified atom stereocenters. The Morgan fingerprint density at radius 1 is 0.591 bits per heavy atom. The number of carbonyl (C=O) groups is 2. The van der Waals surface area contributed by atoms with Crippen LogP contribution in [0.1, 0.15) is 43.7 Å². The van der Waals surface area contributed by atoms with E-state index in [4.69, 9.17) is 9.41 Å². The van der Waals surface area contributed by atoms with Crippen LogP contribution in [0, 0.1) is 41.5 Å². The van der Waals surface area contributed by atoms with E-state index in [1.54, 1.807) is 80.6 Å². The van der Waals surface area contributed by atoms with Gasteiger partial charge in [-0.1, -0.05) is 36.4 Å². The summed E-state index contributed by atoms with van der Waals surface area (Å²) in [5, 5.41) is 11.6. The van der Waals surface area contributed by atoms with Crippen molar-refractivity contribution < 1.29 is 52.9 Å². The number of hydrogen-bond donors (Lipinski definition) is 7. The van der Waals surface area contributed by atoms with Crippen LogP contribution in [0.2, 0.25) is 0 Å². The second-order valence-electron chi connectivity index (χ2n) is 15.4. The van der Waals surface area contributed by atoms with Crippen molar-refractivity contribution in [3.8, 4) is 22.5 Å². The van der Waals surface area contributed by atoms with Crippen LogP contribution in [0.25, 0.3) is 33.4 Å². The average molecular weight is 954 g/mol. The van der Waals surface area contributed by atoms with Crippen LogP contribution in [0.4, 0.5) is 33.2 Å². The maximum Gasteiger partial charge on any atom is 0.318 e. The molecule has 0 saturated carbocycles. The molecule has 342 valence electrons. The number of nitrogens with zero attached hydrogens (tertiary/aromatic N) is 1. The Kier molecular flexibility index (Phi) is 12.4. The van der Waals surface area contributed by atoms with Crippen molar-refractivity contribution in [1.82, 2.24) is 5.32 Å². The van der Waals surface area contributed by atoms with E-state index in [9.17, 15) is 48.5 Å². The fourth-order valence-electron chi connectivity index (χ4n) is 8.32. The fraction of sp³-hybridized carbons (Fsp3) is 0.152. The molecule has 0 radical (unpaired) electrons. The van der Waals surface area contributed by atoms with Gasteiger partial charge in [0, 0.05) is 58.2 Å². The molecule has 5 aromatic rings. The van der Waals surface area contributed by atoms with E-state index in [0.29, 0.717) is 38.9 Å². The molecule has 0 fully saturated rings. The minimum atomic E-state index is -4.84. The molecule has 0 spiro atoms. The van der Waals surface area contributed by atoms with E-state index in [-0.39, 0.29) is 67.3 Å². The maximum absolute atomic E-state index is 13.3. The average Bonchev–Trinajstić information content (AvgIpc) is 3.24. The van der Waals surface area contributed by atoms with Crippen molar-refractivity contribution in [2.24, 2.45) is 4.99 Å². The quantitative estimate of drug-likeness (QED) is 0.0500. The molecule has 1 aliphatic heterocycles. The van der Waals surface area contributed by atoms with Gasteiger partial charge in [0.2, 0.25) is 0 Å². The van der Waals surface area contributed by atoms with Gasteiger partial charge in [-0.3, -0.25) is 18.5 Å². The van der Waals surface area contributed by atoms with Gasteiger partial charge in [0.15, 0.2) is 0 Å². The molecule has 0 saturated heterocycles. The number of nitrogens with one attached hydrogen (secondary N) is 4. The number of urea groups is 1. The molecule has 7 rings (SSSR count). The Hall–Kier alpha value is -6.94. The lowest BCUT2D eigenvalue weighted by Crippen LogP contribution is -2.26. The van der Waals surface area contributed by atoms with Crippen LogP contribution in [-0.4, -0.2) is 57.9 Å². The monoisotopic (exact) mass is 953 g/mol. The Bertz CT molecular complexity index is 3570. The SMILES string of the molecule is CNC(=O)Nc1c(C)c(N=c2ccc3c(-c4ccccc4S(=O)(=O)O)c4ccc(Nc5c(C)c(NC(=O)c6ccccc6)c(C)c(S(=O)(=O)O)c5C)cc4oc-3c2)c(C)c(S(=O)(=O)O)c1C. The number of benzene rings is 6. The molecule has 1 heterocycles. The van der Waals surface area contributed by atoms with Crippen LogP contribution in [-0.2, 0) is 30.4 Å². The lowest BCUT2D eigenvalue weighted by atomic mass is 9.93. The molecular formula is C46H43N5O12S3. The predicted molar refractivity (Wildman–Crippen MR) is 250 cm³/mol. The molecule has 5 aromatic carbocycles. The highest BCUT2D eigenvalue weighted by Gasteiger charge is 2.29. The number of hydrogen-bond acceptors (Lipinski definition) is 11. The normalized spacial score (nSPS) is 12.4. The highest BCUT2D eigenvalue weighted by Crippen LogP contribution is 2.45. The molecule has 0 aromatic heterocycles. The molecule has 17 nitrogen and oxygen atoms in total. The molecule has 2 aliphatic rings. The third kappa shape index (κ3) is 8.89. The largest absolute Gasteiger partial charge is 0.456 e. The van der Waals surface area contributed by atoms with Crippen molar-refractivity contribution >= 4 is 81.7 Å². The van der Waals surface area contributed by atoms with Crippen LogP contribution >= 0.6 is 0 Å².